The van der Waals surface area contributed by atoms with E-state index < -0.39 is 0 Å². The van der Waals surface area contributed by atoms with Crippen molar-refractivity contribution in [3.63, 3.8) is 0 Å². The average Bonchev–Trinajstić information content (AvgIpc) is 3.00. The third kappa shape index (κ3) is 2.64. The first-order chi connectivity index (χ1) is 9.67. The maximum absolute atomic E-state index is 5.81. The van der Waals surface area contributed by atoms with Gasteiger partial charge in [0.25, 0.3) is 0 Å². The van der Waals surface area contributed by atoms with Crippen LogP contribution in [0.4, 0.5) is 0 Å². The van der Waals surface area contributed by atoms with Crippen molar-refractivity contribution in [2.75, 3.05) is 0 Å². The molecule has 0 amide bonds. The number of nitrogens with two attached hydrogens (primary N) is 1. The van der Waals surface area contributed by atoms with Crippen LogP contribution in [-0.4, -0.2) is 11.0 Å². The Bertz CT molecular complexity index is 561. The number of benzene rings is 1. The largest absolute Gasteiger partial charge is 0.271 e. The summed E-state index contributed by atoms with van der Waals surface area (Å²) in [5.41, 5.74) is 7.12. The van der Waals surface area contributed by atoms with Gasteiger partial charge in [0, 0.05) is 17.3 Å². The highest BCUT2D eigenvalue weighted by molar-refractivity contribution is 7.11. The van der Waals surface area contributed by atoms with Crippen LogP contribution in [0.1, 0.15) is 26.7 Å². The smallest absolute Gasteiger partial charge is 0.0947 e. The van der Waals surface area contributed by atoms with Gasteiger partial charge in [0.1, 0.15) is 0 Å². The van der Waals surface area contributed by atoms with E-state index in [1.54, 1.807) is 11.3 Å². The van der Waals surface area contributed by atoms with Crippen LogP contribution in [0.5, 0.6) is 0 Å². The summed E-state index contributed by atoms with van der Waals surface area (Å²) in [5.74, 6) is 6.38. The number of hydrogen-bond acceptors (Lipinski definition) is 4. The van der Waals surface area contributed by atoms with Crippen LogP contribution in [0.2, 0.25) is 0 Å². The molecule has 0 radical (unpaired) electrons. The molecule has 1 aliphatic carbocycles. The molecule has 1 heterocycles. The zero-order valence-corrected chi connectivity index (χ0v) is 12.8. The van der Waals surface area contributed by atoms with Gasteiger partial charge >= 0.3 is 0 Å². The monoisotopic (exact) mass is 287 g/mol. The van der Waals surface area contributed by atoms with Gasteiger partial charge in [0.05, 0.1) is 10.7 Å². The van der Waals surface area contributed by atoms with E-state index in [0.717, 1.165) is 25.0 Å². The zero-order valence-electron chi connectivity index (χ0n) is 12.0. The van der Waals surface area contributed by atoms with E-state index in [-0.39, 0.29) is 0 Å². The fourth-order valence-electron chi connectivity index (χ4n) is 3.05. The number of rotatable bonds is 4. The quantitative estimate of drug-likeness (QED) is 0.671. The summed E-state index contributed by atoms with van der Waals surface area (Å²) in [6.07, 6.45) is 3.16. The Labute approximate surface area is 124 Å². The number of hydrazine groups is 1. The van der Waals surface area contributed by atoms with E-state index in [2.05, 4.69) is 48.5 Å². The van der Waals surface area contributed by atoms with Crippen molar-refractivity contribution in [1.29, 1.82) is 0 Å². The first-order valence-corrected chi connectivity index (χ1v) is 7.95. The standard InChI is InChI=1S/C16H21N3S/c1-10-11(2)20-16(18-10)9-15(19-17)14-7-12-5-3-4-6-13(12)8-14/h3-6,14-15,19H,7-9,17H2,1-2H3. The van der Waals surface area contributed by atoms with Gasteiger partial charge in [0.15, 0.2) is 0 Å². The lowest BCUT2D eigenvalue weighted by molar-refractivity contribution is 0.366. The maximum Gasteiger partial charge on any atom is 0.0947 e. The number of nitrogens with one attached hydrogen (secondary N) is 1. The number of thiazole rings is 1. The Morgan fingerprint density at radius 2 is 1.95 bits per heavy atom. The van der Waals surface area contributed by atoms with Crippen LogP contribution in [-0.2, 0) is 19.3 Å². The molecule has 0 aliphatic heterocycles. The van der Waals surface area contributed by atoms with E-state index in [1.807, 2.05) is 0 Å². The lowest BCUT2D eigenvalue weighted by Gasteiger charge is -2.21. The van der Waals surface area contributed by atoms with Crippen molar-refractivity contribution < 1.29 is 0 Å². The minimum absolute atomic E-state index is 0.298. The lowest BCUT2D eigenvalue weighted by atomic mass is 9.95. The Morgan fingerprint density at radius 3 is 2.45 bits per heavy atom. The van der Waals surface area contributed by atoms with E-state index in [0.29, 0.717) is 12.0 Å². The van der Waals surface area contributed by atoms with Crippen molar-refractivity contribution in [3.05, 3.63) is 51.0 Å². The average molecular weight is 287 g/mol. The molecular weight excluding hydrogens is 266 g/mol. The minimum atomic E-state index is 0.298. The molecule has 1 atom stereocenters. The van der Waals surface area contributed by atoms with Crippen molar-refractivity contribution in [2.45, 2.75) is 39.2 Å². The second-order valence-corrected chi connectivity index (χ2v) is 6.95. The number of hydrogen-bond donors (Lipinski definition) is 2. The molecule has 2 aromatic rings. The van der Waals surface area contributed by atoms with Crippen LogP contribution in [0.3, 0.4) is 0 Å². The summed E-state index contributed by atoms with van der Waals surface area (Å²) in [6.45, 7) is 4.21. The zero-order chi connectivity index (χ0) is 14.1. The predicted octanol–water partition coefficient (Wildman–Crippen LogP) is 2.55. The van der Waals surface area contributed by atoms with Crippen LogP contribution in [0.15, 0.2) is 24.3 Å². The van der Waals surface area contributed by atoms with Crippen LogP contribution >= 0.6 is 11.3 Å². The minimum Gasteiger partial charge on any atom is -0.271 e. The highest BCUT2D eigenvalue weighted by Crippen LogP contribution is 2.30. The van der Waals surface area contributed by atoms with Gasteiger partial charge in [-0.2, -0.15) is 0 Å². The number of aryl methyl sites for hydroxylation is 2. The Kier molecular flexibility index (Phi) is 3.87. The highest BCUT2D eigenvalue weighted by atomic mass is 32.1. The van der Waals surface area contributed by atoms with Crippen molar-refractivity contribution >= 4 is 11.3 Å². The molecule has 1 aromatic carbocycles. The number of aromatic nitrogens is 1. The van der Waals surface area contributed by atoms with Gasteiger partial charge in [-0.25, -0.2) is 4.98 Å². The molecule has 1 unspecified atom stereocenters. The van der Waals surface area contributed by atoms with Crippen LogP contribution in [0, 0.1) is 19.8 Å². The Balaban J connectivity index is 1.72. The van der Waals surface area contributed by atoms with Crippen molar-refractivity contribution in [1.82, 2.24) is 10.4 Å². The topological polar surface area (TPSA) is 50.9 Å². The van der Waals surface area contributed by atoms with Gasteiger partial charge in [0.2, 0.25) is 0 Å². The van der Waals surface area contributed by atoms with E-state index in [4.69, 9.17) is 5.84 Å². The van der Waals surface area contributed by atoms with Gasteiger partial charge in [-0.1, -0.05) is 24.3 Å². The molecule has 3 N–H and O–H groups in total. The van der Waals surface area contributed by atoms with Crippen molar-refractivity contribution in [3.8, 4) is 0 Å². The SMILES string of the molecule is Cc1nc(CC(NN)C2Cc3ccccc3C2)sc1C. The summed E-state index contributed by atoms with van der Waals surface area (Å²) in [7, 11) is 0. The Morgan fingerprint density at radius 1 is 1.30 bits per heavy atom. The summed E-state index contributed by atoms with van der Waals surface area (Å²) >= 11 is 1.79. The fourth-order valence-corrected chi connectivity index (χ4v) is 4.05. The number of fused-ring (bicyclic) bond motifs is 1. The van der Waals surface area contributed by atoms with Crippen molar-refractivity contribution in [2.24, 2.45) is 11.8 Å². The Hall–Kier alpha value is -1.23. The molecule has 20 heavy (non-hydrogen) atoms. The van der Waals surface area contributed by atoms with Gasteiger partial charge < -0.3 is 0 Å². The summed E-state index contributed by atoms with van der Waals surface area (Å²) in [5, 5.41) is 1.19. The molecule has 0 fully saturated rings. The van der Waals surface area contributed by atoms with E-state index in [9.17, 15) is 0 Å². The third-order valence-electron chi connectivity index (χ3n) is 4.33. The summed E-state index contributed by atoms with van der Waals surface area (Å²) in [6, 6.07) is 9.02. The summed E-state index contributed by atoms with van der Waals surface area (Å²) < 4.78 is 0. The highest BCUT2D eigenvalue weighted by Gasteiger charge is 2.28. The first-order valence-electron chi connectivity index (χ1n) is 7.13. The maximum atomic E-state index is 5.81. The van der Waals surface area contributed by atoms with E-state index >= 15 is 0 Å². The number of nitrogens with zero attached hydrogens (tertiary/aromatic N) is 1. The molecule has 0 saturated carbocycles. The first kappa shape index (κ1) is 13.7. The van der Waals surface area contributed by atoms with Crippen LogP contribution < -0.4 is 11.3 Å². The molecule has 3 rings (SSSR count). The molecular formula is C16H21N3S. The molecule has 106 valence electrons. The lowest BCUT2D eigenvalue weighted by Crippen LogP contribution is -2.42. The molecule has 4 heteroatoms. The molecule has 0 spiro atoms. The van der Waals surface area contributed by atoms with Crippen LogP contribution in [0.25, 0.3) is 0 Å². The third-order valence-corrected chi connectivity index (χ3v) is 5.43. The molecule has 0 bridgehead atoms. The molecule has 3 nitrogen and oxygen atoms in total. The normalized spacial score (nSPS) is 16.4. The fraction of sp³-hybridized carbons (Fsp3) is 0.438. The van der Waals surface area contributed by atoms with Gasteiger partial charge in [-0.3, -0.25) is 11.3 Å². The molecule has 1 aliphatic rings. The molecule has 1 aromatic heterocycles. The molecule has 0 saturated heterocycles. The second kappa shape index (κ2) is 5.64. The van der Waals surface area contributed by atoms with Gasteiger partial charge in [-0.15, -0.1) is 11.3 Å². The predicted molar refractivity (Wildman–Crippen MR) is 83.7 cm³/mol. The van der Waals surface area contributed by atoms with Gasteiger partial charge in [-0.05, 0) is 43.7 Å². The second-order valence-electron chi connectivity index (χ2n) is 5.66. The summed E-state index contributed by atoms with van der Waals surface area (Å²) in [4.78, 5) is 5.95. The van der Waals surface area contributed by atoms with E-state index in [1.165, 1.54) is 21.0 Å².